The molecule has 0 atom stereocenters. The molecule has 0 aromatic carbocycles. The van der Waals surface area contributed by atoms with E-state index in [9.17, 15) is 8.42 Å². The Labute approximate surface area is 89.1 Å². The zero-order valence-corrected chi connectivity index (χ0v) is 9.67. The van der Waals surface area contributed by atoms with Crippen molar-refractivity contribution in [3.8, 4) is 0 Å². The van der Waals surface area contributed by atoms with Crippen LogP contribution in [0.25, 0.3) is 0 Å². The quantitative estimate of drug-likeness (QED) is 0.750. The third kappa shape index (κ3) is 1.79. The van der Waals surface area contributed by atoms with E-state index in [2.05, 4.69) is 5.16 Å². The van der Waals surface area contributed by atoms with Gasteiger partial charge in [-0.25, -0.2) is 8.42 Å². The smallest absolute Gasteiger partial charge is 0.214 e. The maximum absolute atomic E-state index is 11.6. The second-order valence-corrected chi connectivity index (χ2v) is 5.91. The molecule has 15 heavy (non-hydrogen) atoms. The second-order valence-electron chi connectivity index (χ2n) is 3.65. The Hall–Kier alpha value is -0.880. The molecule has 0 spiro atoms. The van der Waals surface area contributed by atoms with Crippen LogP contribution in [0.1, 0.15) is 23.9 Å². The Morgan fingerprint density at radius 3 is 2.93 bits per heavy atom. The van der Waals surface area contributed by atoms with E-state index in [0.717, 1.165) is 11.3 Å². The zero-order chi connectivity index (χ0) is 11.1. The van der Waals surface area contributed by atoms with E-state index < -0.39 is 10.0 Å². The second kappa shape index (κ2) is 3.61. The molecule has 1 aliphatic rings. The number of fused-ring (bicyclic) bond motifs is 1. The van der Waals surface area contributed by atoms with Gasteiger partial charge in [-0.3, -0.25) is 0 Å². The van der Waals surface area contributed by atoms with Crippen LogP contribution in [0.3, 0.4) is 0 Å². The van der Waals surface area contributed by atoms with E-state index in [-0.39, 0.29) is 5.75 Å². The van der Waals surface area contributed by atoms with Gasteiger partial charge in [0.05, 0.1) is 18.0 Å². The molecule has 84 valence electrons. The Kier molecular flexibility index (Phi) is 2.56. The third-order valence-electron chi connectivity index (χ3n) is 2.76. The van der Waals surface area contributed by atoms with E-state index in [1.54, 1.807) is 6.92 Å². The van der Waals surface area contributed by atoms with Gasteiger partial charge < -0.3 is 4.52 Å². The molecule has 0 fully saturated rings. The van der Waals surface area contributed by atoms with E-state index in [1.807, 2.05) is 6.92 Å². The van der Waals surface area contributed by atoms with Crippen LogP contribution < -0.4 is 0 Å². The van der Waals surface area contributed by atoms with Crippen molar-refractivity contribution in [3.05, 3.63) is 17.0 Å². The molecule has 6 heteroatoms. The first-order valence-electron chi connectivity index (χ1n) is 4.96. The van der Waals surface area contributed by atoms with Gasteiger partial charge in [0.25, 0.3) is 0 Å². The van der Waals surface area contributed by atoms with Gasteiger partial charge in [0.2, 0.25) is 10.0 Å². The fourth-order valence-electron chi connectivity index (χ4n) is 1.78. The molecule has 0 aliphatic carbocycles. The van der Waals surface area contributed by atoms with Crippen molar-refractivity contribution in [3.63, 3.8) is 0 Å². The third-order valence-corrected chi connectivity index (χ3v) is 4.58. The fraction of sp³-hybridized carbons (Fsp3) is 0.667. The maximum Gasteiger partial charge on any atom is 0.214 e. The lowest BCUT2D eigenvalue weighted by Crippen LogP contribution is -2.36. The summed E-state index contributed by atoms with van der Waals surface area (Å²) in [4.78, 5) is 0. The largest absolute Gasteiger partial charge is 0.359 e. The standard InChI is InChI=1S/C9H14N2O3S/c1-3-15(12,13)11-5-4-8-7(2)10-14-9(8)6-11/h3-6H2,1-2H3. The Bertz CT molecular complexity index is 464. The average Bonchev–Trinajstić information content (AvgIpc) is 2.60. The van der Waals surface area contributed by atoms with Crippen LogP contribution in [-0.4, -0.2) is 30.2 Å². The van der Waals surface area contributed by atoms with Crippen molar-refractivity contribution in [2.45, 2.75) is 26.8 Å². The van der Waals surface area contributed by atoms with Crippen LogP contribution in [0.2, 0.25) is 0 Å². The molecule has 0 saturated carbocycles. The van der Waals surface area contributed by atoms with Crippen LogP contribution in [0.15, 0.2) is 4.52 Å². The predicted molar refractivity (Wildman–Crippen MR) is 54.8 cm³/mol. The fourth-order valence-corrected chi connectivity index (χ4v) is 2.82. The Morgan fingerprint density at radius 1 is 1.53 bits per heavy atom. The molecular formula is C9H14N2O3S. The molecule has 0 unspecified atom stereocenters. The molecule has 0 saturated heterocycles. The van der Waals surface area contributed by atoms with Gasteiger partial charge >= 0.3 is 0 Å². The van der Waals surface area contributed by atoms with Crippen molar-refractivity contribution >= 4 is 10.0 Å². The minimum absolute atomic E-state index is 0.134. The number of aryl methyl sites for hydroxylation is 1. The number of rotatable bonds is 2. The molecule has 0 bridgehead atoms. The highest BCUT2D eigenvalue weighted by Gasteiger charge is 2.28. The SMILES string of the molecule is CCS(=O)(=O)N1CCc2c(C)noc2C1. The molecular weight excluding hydrogens is 216 g/mol. The van der Waals surface area contributed by atoms with E-state index in [4.69, 9.17) is 4.52 Å². The summed E-state index contributed by atoms with van der Waals surface area (Å²) in [6.45, 7) is 4.39. The van der Waals surface area contributed by atoms with Crippen molar-refractivity contribution in [2.24, 2.45) is 0 Å². The molecule has 2 heterocycles. The summed E-state index contributed by atoms with van der Waals surface area (Å²) < 4.78 is 29.8. The molecule has 0 amide bonds. The van der Waals surface area contributed by atoms with Crippen LogP contribution in [0.4, 0.5) is 0 Å². The van der Waals surface area contributed by atoms with Crippen LogP contribution in [0.5, 0.6) is 0 Å². The number of nitrogens with zero attached hydrogens (tertiary/aromatic N) is 2. The van der Waals surface area contributed by atoms with E-state index in [0.29, 0.717) is 25.3 Å². The topological polar surface area (TPSA) is 63.4 Å². The molecule has 1 aliphatic heterocycles. The predicted octanol–water partition coefficient (Wildman–Crippen LogP) is 0.691. The summed E-state index contributed by atoms with van der Waals surface area (Å²) in [7, 11) is -3.11. The summed E-state index contributed by atoms with van der Waals surface area (Å²) in [5.74, 6) is 0.825. The molecule has 0 N–H and O–H groups in total. The number of sulfonamides is 1. The lowest BCUT2D eigenvalue weighted by Gasteiger charge is -2.24. The van der Waals surface area contributed by atoms with Gasteiger partial charge in [-0.1, -0.05) is 5.16 Å². The number of hydrogen-bond donors (Lipinski definition) is 0. The minimum Gasteiger partial charge on any atom is -0.359 e. The highest BCUT2D eigenvalue weighted by molar-refractivity contribution is 7.89. The molecule has 1 aromatic heterocycles. The highest BCUT2D eigenvalue weighted by atomic mass is 32.2. The number of hydrogen-bond acceptors (Lipinski definition) is 4. The lowest BCUT2D eigenvalue weighted by atomic mass is 10.1. The minimum atomic E-state index is -3.11. The summed E-state index contributed by atoms with van der Waals surface area (Å²) in [6, 6.07) is 0. The van der Waals surface area contributed by atoms with Gasteiger partial charge in [-0.2, -0.15) is 4.31 Å². The molecule has 2 rings (SSSR count). The summed E-state index contributed by atoms with van der Waals surface area (Å²) in [6.07, 6.45) is 0.698. The zero-order valence-electron chi connectivity index (χ0n) is 8.86. The first-order chi connectivity index (χ1) is 7.04. The highest BCUT2D eigenvalue weighted by Crippen LogP contribution is 2.23. The first kappa shape index (κ1) is 10.6. The van der Waals surface area contributed by atoms with Gasteiger partial charge in [0.1, 0.15) is 0 Å². The van der Waals surface area contributed by atoms with Crippen LogP contribution in [-0.2, 0) is 23.0 Å². The Morgan fingerprint density at radius 2 is 2.27 bits per heavy atom. The summed E-state index contributed by atoms with van der Waals surface area (Å²) in [5, 5.41) is 3.84. The monoisotopic (exact) mass is 230 g/mol. The summed E-state index contributed by atoms with van der Waals surface area (Å²) >= 11 is 0. The maximum atomic E-state index is 11.6. The first-order valence-corrected chi connectivity index (χ1v) is 6.57. The van der Waals surface area contributed by atoms with Gasteiger partial charge in [0, 0.05) is 12.1 Å². The molecule has 1 aromatic rings. The normalized spacial score (nSPS) is 17.7. The van der Waals surface area contributed by atoms with Crippen molar-refractivity contribution in [1.82, 2.24) is 9.46 Å². The molecule has 5 nitrogen and oxygen atoms in total. The Balaban J connectivity index is 2.27. The van der Waals surface area contributed by atoms with Crippen LogP contribution >= 0.6 is 0 Å². The van der Waals surface area contributed by atoms with Gasteiger partial charge in [-0.15, -0.1) is 0 Å². The lowest BCUT2D eigenvalue weighted by molar-refractivity contribution is 0.307. The summed E-state index contributed by atoms with van der Waals surface area (Å²) in [5.41, 5.74) is 1.94. The van der Waals surface area contributed by atoms with Crippen molar-refractivity contribution < 1.29 is 12.9 Å². The van der Waals surface area contributed by atoms with Gasteiger partial charge in [0.15, 0.2) is 5.76 Å². The molecule has 0 radical (unpaired) electrons. The average molecular weight is 230 g/mol. The van der Waals surface area contributed by atoms with E-state index >= 15 is 0 Å². The van der Waals surface area contributed by atoms with Crippen molar-refractivity contribution in [2.75, 3.05) is 12.3 Å². The van der Waals surface area contributed by atoms with Crippen LogP contribution in [0, 0.1) is 6.92 Å². The van der Waals surface area contributed by atoms with Crippen molar-refractivity contribution in [1.29, 1.82) is 0 Å². The van der Waals surface area contributed by atoms with Gasteiger partial charge in [-0.05, 0) is 20.3 Å². The number of aromatic nitrogens is 1. The van der Waals surface area contributed by atoms with E-state index in [1.165, 1.54) is 4.31 Å².